The molecule has 11 aromatic rings. The van der Waals surface area contributed by atoms with Gasteiger partial charge in [0.2, 0.25) is 0 Å². The van der Waals surface area contributed by atoms with Gasteiger partial charge >= 0.3 is 0 Å². The summed E-state index contributed by atoms with van der Waals surface area (Å²) in [6.07, 6.45) is 0. The molecule has 8 aromatic carbocycles. The van der Waals surface area contributed by atoms with Crippen LogP contribution in [0.5, 0.6) is 0 Å². The Morgan fingerprint density at radius 3 is 1.24 bits per heavy atom. The lowest BCUT2D eigenvalue weighted by Crippen LogP contribution is -1.90. The summed E-state index contributed by atoms with van der Waals surface area (Å²) in [5, 5.41) is 21.2. The van der Waals surface area contributed by atoms with Gasteiger partial charge in [-0.3, -0.25) is 0 Å². The molecule has 3 aromatic heterocycles. The van der Waals surface area contributed by atoms with Crippen molar-refractivity contribution in [2.24, 2.45) is 0 Å². The van der Waals surface area contributed by atoms with E-state index in [0.29, 0.717) is 0 Å². The number of rotatable bonds is 4. The van der Waals surface area contributed by atoms with Crippen LogP contribution in [0.25, 0.3) is 110 Å². The average molecular weight is 685 g/mol. The van der Waals surface area contributed by atoms with E-state index in [1.165, 1.54) is 82.0 Å². The van der Waals surface area contributed by atoms with Gasteiger partial charge in [-0.15, -0.1) is 0 Å². The van der Waals surface area contributed by atoms with Gasteiger partial charge in [-0.1, -0.05) is 115 Å². The molecule has 3 heterocycles. The average Bonchev–Trinajstić information content (AvgIpc) is 3.98. The van der Waals surface area contributed by atoms with Crippen molar-refractivity contribution < 1.29 is 4.42 Å². The maximum atomic E-state index is 6.79. The number of thiophene rings is 2. The Morgan fingerprint density at radius 2 is 0.784 bits per heavy atom. The van der Waals surface area contributed by atoms with Gasteiger partial charge in [-0.05, 0) is 139 Å². The smallest absolute Gasteiger partial charge is 0.136 e. The molecule has 0 aliphatic carbocycles. The van der Waals surface area contributed by atoms with Crippen molar-refractivity contribution in [2.45, 2.75) is 0 Å². The molecule has 0 aliphatic heterocycles. The minimum atomic E-state index is 0.897. The summed E-state index contributed by atoms with van der Waals surface area (Å²) in [5.74, 6) is 0. The first-order chi connectivity index (χ1) is 25.3. The summed E-state index contributed by atoms with van der Waals surface area (Å²) in [5.41, 5.74) is 11.8. The third-order valence-corrected chi connectivity index (χ3v) is 11.9. The molecule has 0 bridgehead atoms. The van der Waals surface area contributed by atoms with E-state index in [2.05, 4.69) is 167 Å². The summed E-state index contributed by atoms with van der Waals surface area (Å²) < 4.78 is 6.79. The fourth-order valence-electron chi connectivity index (χ4n) is 8.48. The first-order valence-electron chi connectivity index (χ1n) is 17.2. The zero-order chi connectivity index (χ0) is 33.5. The number of fused-ring (bicyclic) bond motifs is 7. The van der Waals surface area contributed by atoms with E-state index in [0.717, 1.165) is 27.5 Å². The van der Waals surface area contributed by atoms with E-state index in [4.69, 9.17) is 4.42 Å². The van der Waals surface area contributed by atoms with E-state index in [-0.39, 0.29) is 0 Å². The van der Waals surface area contributed by atoms with E-state index in [9.17, 15) is 0 Å². The Labute approximate surface area is 302 Å². The first kappa shape index (κ1) is 28.8. The van der Waals surface area contributed by atoms with Crippen LogP contribution >= 0.6 is 22.7 Å². The summed E-state index contributed by atoms with van der Waals surface area (Å²) in [4.78, 5) is 0. The second-order valence-electron chi connectivity index (χ2n) is 13.2. The predicted octanol–water partition coefficient (Wildman–Crippen LogP) is 15.0. The molecule has 0 fully saturated rings. The molecule has 238 valence electrons. The molecule has 0 aliphatic rings. The zero-order valence-corrected chi connectivity index (χ0v) is 29.0. The normalized spacial score (nSPS) is 11.9. The van der Waals surface area contributed by atoms with Gasteiger partial charge in [0, 0.05) is 10.8 Å². The van der Waals surface area contributed by atoms with Crippen LogP contribution < -0.4 is 0 Å². The molecule has 11 rings (SSSR count). The first-order valence-corrected chi connectivity index (χ1v) is 19.1. The molecule has 0 saturated carbocycles. The highest BCUT2D eigenvalue weighted by Crippen LogP contribution is 2.49. The van der Waals surface area contributed by atoms with Crippen molar-refractivity contribution >= 4 is 87.7 Å². The third kappa shape index (κ3) is 4.26. The lowest BCUT2D eigenvalue weighted by Gasteiger charge is -2.17. The van der Waals surface area contributed by atoms with Crippen LogP contribution in [0.1, 0.15) is 0 Å². The monoisotopic (exact) mass is 684 g/mol. The van der Waals surface area contributed by atoms with Crippen LogP contribution in [0, 0.1) is 0 Å². The van der Waals surface area contributed by atoms with Crippen LogP contribution in [0.2, 0.25) is 0 Å². The third-order valence-electron chi connectivity index (χ3n) is 10.5. The van der Waals surface area contributed by atoms with E-state index in [1.54, 1.807) is 22.7 Å². The number of hydrogen-bond donors (Lipinski definition) is 0. The van der Waals surface area contributed by atoms with Crippen LogP contribution in [0.4, 0.5) is 0 Å². The SMILES string of the molecule is c1cc(-c2c3ccccc3c(-c3ccsc3)c3ccccc23)c2c(c1)oc1cc(-c3c4ccccc4c(-c4ccsc4)c4ccccc34)ccc12. The Hall–Kier alpha value is -6.00. The highest BCUT2D eigenvalue weighted by Gasteiger charge is 2.22. The fourth-order valence-corrected chi connectivity index (χ4v) is 9.78. The van der Waals surface area contributed by atoms with E-state index in [1.807, 2.05) is 0 Å². The molecule has 0 spiro atoms. The fraction of sp³-hybridized carbons (Fsp3) is 0. The van der Waals surface area contributed by atoms with Crippen molar-refractivity contribution in [3.63, 3.8) is 0 Å². The van der Waals surface area contributed by atoms with Crippen molar-refractivity contribution in [3.8, 4) is 44.5 Å². The van der Waals surface area contributed by atoms with E-state index >= 15 is 0 Å². The lowest BCUT2D eigenvalue weighted by molar-refractivity contribution is 0.669. The Balaban J connectivity index is 1.19. The van der Waals surface area contributed by atoms with Gasteiger partial charge < -0.3 is 4.42 Å². The zero-order valence-electron chi connectivity index (χ0n) is 27.4. The summed E-state index contributed by atoms with van der Waals surface area (Å²) >= 11 is 3.49. The molecule has 0 unspecified atom stereocenters. The van der Waals surface area contributed by atoms with E-state index < -0.39 is 0 Å². The topological polar surface area (TPSA) is 13.1 Å². The molecule has 0 amide bonds. The summed E-state index contributed by atoms with van der Waals surface area (Å²) in [6, 6.07) is 53.3. The Kier molecular flexibility index (Phi) is 6.36. The van der Waals surface area contributed by atoms with Crippen LogP contribution in [0.3, 0.4) is 0 Å². The standard InChI is InChI=1S/C48H28OS2/c1-3-12-34-32(10-1)44(33-11-2-4-13-35(33)45(34)30-22-24-50-27-30)29-20-21-40-43(26-29)49-42-19-9-18-41(48(40)42)47-38-16-7-5-14-36(38)46(31-23-25-51-28-31)37-15-6-8-17-39(37)47/h1-28H. The van der Waals surface area contributed by atoms with Gasteiger partial charge in [0.05, 0.1) is 0 Å². The highest BCUT2D eigenvalue weighted by atomic mass is 32.1. The number of hydrogen-bond acceptors (Lipinski definition) is 3. The van der Waals surface area contributed by atoms with Crippen LogP contribution in [0.15, 0.2) is 172 Å². The predicted molar refractivity (Wildman–Crippen MR) is 221 cm³/mol. The molecule has 0 N–H and O–H groups in total. The second kappa shape index (κ2) is 11.3. The quantitative estimate of drug-likeness (QED) is 0.168. The highest BCUT2D eigenvalue weighted by molar-refractivity contribution is 7.08. The maximum Gasteiger partial charge on any atom is 0.136 e. The Morgan fingerprint density at radius 1 is 0.333 bits per heavy atom. The van der Waals surface area contributed by atoms with Crippen LogP contribution in [-0.2, 0) is 0 Å². The van der Waals surface area contributed by atoms with Crippen LogP contribution in [-0.4, -0.2) is 0 Å². The van der Waals surface area contributed by atoms with Gasteiger partial charge in [0.25, 0.3) is 0 Å². The van der Waals surface area contributed by atoms with Gasteiger partial charge in [0.15, 0.2) is 0 Å². The molecule has 51 heavy (non-hydrogen) atoms. The summed E-state index contributed by atoms with van der Waals surface area (Å²) in [6.45, 7) is 0. The van der Waals surface area contributed by atoms with Crippen molar-refractivity contribution in [1.29, 1.82) is 0 Å². The maximum absolute atomic E-state index is 6.79. The van der Waals surface area contributed by atoms with Crippen molar-refractivity contribution in [2.75, 3.05) is 0 Å². The Bertz CT molecular complexity index is 3010. The molecule has 3 heteroatoms. The summed E-state index contributed by atoms with van der Waals surface area (Å²) in [7, 11) is 0. The molecule has 1 nitrogen and oxygen atoms in total. The molecule has 0 saturated heterocycles. The molecular weight excluding hydrogens is 657 g/mol. The largest absolute Gasteiger partial charge is 0.456 e. The number of furan rings is 1. The molecular formula is C48H28OS2. The minimum absolute atomic E-state index is 0.897. The second-order valence-corrected chi connectivity index (χ2v) is 14.8. The van der Waals surface area contributed by atoms with Gasteiger partial charge in [-0.25, -0.2) is 0 Å². The van der Waals surface area contributed by atoms with Gasteiger partial charge in [-0.2, -0.15) is 22.7 Å². The lowest BCUT2D eigenvalue weighted by atomic mass is 9.85. The molecule has 0 radical (unpaired) electrons. The number of benzene rings is 8. The molecule has 0 atom stereocenters. The van der Waals surface area contributed by atoms with Gasteiger partial charge in [0.1, 0.15) is 11.2 Å². The van der Waals surface area contributed by atoms with Crippen molar-refractivity contribution in [1.82, 2.24) is 0 Å². The van der Waals surface area contributed by atoms with Crippen molar-refractivity contribution in [3.05, 3.63) is 167 Å². The minimum Gasteiger partial charge on any atom is -0.456 e.